The molecule has 8 heteroatoms. The van der Waals surface area contributed by atoms with Gasteiger partial charge in [0.2, 0.25) is 5.91 Å². The Morgan fingerprint density at radius 2 is 1.67 bits per heavy atom. The number of para-hydroxylation sites is 1. The van der Waals surface area contributed by atoms with E-state index in [1.54, 1.807) is 46.2 Å². The molecule has 1 saturated heterocycles. The minimum Gasteiger partial charge on any atom is -0.496 e. The summed E-state index contributed by atoms with van der Waals surface area (Å²) in [4.78, 5) is 41.7. The van der Waals surface area contributed by atoms with Crippen molar-refractivity contribution < 1.29 is 23.5 Å². The zero-order valence-electron chi connectivity index (χ0n) is 17.5. The Labute approximate surface area is 175 Å². The van der Waals surface area contributed by atoms with Crippen LogP contribution in [0, 0.1) is 5.92 Å². The summed E-state index contributed by atoms with van der Waals surface area (Å²) in [5, 5.41) is 2.86. The maximum Gasteiger partial charge on any atom is 0.289 e. The molecule has 1 aliphatic rings. The Kier molecular flexibility index (Phi) is 6.76. The van der Waals surface area contributed by atoms with Crippen molar-refractivity contribution in [2.24, 2.45) is 5.92 Å². The van der Waals surface area contributed by atoms with Crippen molar-refractivity contribution in [3.8, 4) is 5.75 Å². The molecule has 2 aromatic rings. The van der Waals surface area contributed by atoms with Gasteiger partial charge in [-0.25, -0.2) is 0 Å². The van der Waals surface area contributed by atoms with E-state index in [2.05, 4.69) is 5.32 Å². The van der Waals surface area contributed by atoms with E-state index in [0.717, 1.165) is 0 Å². The van der Waals surface area contributed by atoms with Crippen molar-refractivity contribution in [2.45, 2.75) is 19.9 Å². The van der Waals surface area contributed by atoms with Gasteiger partial charge in [0.1, 0.15) is 11.8 Å². The SMILES string of the molecule is COc1ccccc1C(=O)N[C@@H](C(=O)N1CCN(C(=O)c2ccco2)CC1)C(C)C. The molecule has 0 spiro atoms. The van der Waals surface area contributed by atoms with Gasteiger partial charge in [0.15, 0.2) is 5.76 Å². The topological polar surface area (TPSA) is 92.1 Å². The second kappa shape index (κ2) is 9.47. The van der Waals surface area contributed by atoms with Crippen LogP contribution in [0.15, 0.2) is 47.1 Å². The summed E-state index contributed by atoms with van der Waals surface area (Å²) < 4.78 is 10.4. The van der Waals surface area contributed by atoms with Crippen LogP contribution in [0.2, 0.25) is 0 Å². The number of ether oxygens (including phenoxy) is 1. The number of nitrogens with zero attached hydrogens (tertiary/aromatic N) is 2. The highest BCUT2D eigenvalue weighted by Crippen LogP contribution is 2.18. The Balaban J connectivity index is 1.63. The maximum absolute atomic E-state index is 13.1. The van der Waals surface area contributed by atoms with Crippen molar-refractivity contribution in [3.05, 3.63) is 54.0 Å². The summed E-state index contributed by atoms with van der Waals surface area (Å²) in [5.41, 5.74) is 0.382. The summed E-state index contributed by atoms with van der Waals surface area (Å²) in [6.07, 6.45) is 1.46. The molecular weight excluding hydrogens is 386 g/mol. The minimum absolute atomic E-state index is 0.0982. The molecule has 30 heavy (non-hydrogen) atoms. The molecular formula is C22H27N3O5. The van der Waals surface area contributed by atoms with Crippen LogP contribution < -0.4 is 10.1 Å². The molecule has 0 saturated carbocycles. The van der Waals surface area contributed by atoms with Gasteiger partial charge < -0.3 is 24.3 Å². The number of nitrogens with one attached hydrogen (secondary N) is 1. The lowest BCUT2D eigenvalue weighted by molar-refractivity contribution is -0.135. The van der Waals surface area contributed by atoms with Crippen molar-refractivity contribution in [2.75, 3.05) is 33.3 Å². The van der Waals surface area contributed by atoms with Gasteiger partial charge in [0.05, 0.1) is 18.9 Å². The number of amides is 3. The summed E-state index contributed by atoms with van der Waals surface area (Å²) in [7, 11) is 1.50. The molecule has 0 aliphatic carbocycles. The van der Waals surface area contributed by atoms with Crippen LogP contribution in [-0.2, 0) is 4.79 Å². The number of piperazine rings is 1. The zero-order chi connectivity index (χ0) is 21.7. The molecule has 1 aliphatic heterocycles. The third-order valence-corrected chi connectivity index (χ3v) is 5.18. The van der Waals surface area contributed by atoms with Gasteiger partial charge in [-0.3, -0.25) is 14.4 Å². The quantitative estimate of drug-likeness (QED) is 0.782. The zero-order valence-corrected chi connectivity index (χ0v) is 17.5. The van der Waals surface area contributed by atoms with Gasteiger partial charge in [-0.15, -0.1) is 0 Å². The van der Waals surface area contributed by atoms with E-state index in [1.807, 2.05) is 13.8 Å². The fourth-order valence-electron chi connectivity index (χ4n) is 3.45. The van der Waals surface area contributed by atoms with Crippen LogP contribution >= 0.6 is 0 Å². The molecule has 1 aromatic heterocycles. The molecule has 8 nitrogen and oxygen atoms in total. The van der Waals surface area contributed by atoms with E-state index in [9.17, 15) is 14.4 Å². The molecule has 2 heterocycles. The maximum atomic E-state index is 13.1. The van der Waals surface area contributed by atoms with Gasteiger partial charge >= 0.3 is 0 Å². The predicted octanol–water partition coefficient (Wildman–Crippen LogP) is 2.03. The van der Waals surface area contributed by atoms with Crippen LogP contribution in [0.5, 0.6) is 5.75 Å². The molecule has 1 atom stereocenters. The average Bonchev–Trinajstić information content (AvgIpc) is 3.31. The first-order chi connectivity index (χ1) is 14.4. The van der Waals surface area contributed by atoms with E-state index in [1.165, 1.54) is 13.4 Å². The Bertz CT molecular complexity index is 886. The van der Waals surface area contributed by atoms with Gasteiger partial charge in [-0.1, -0.05) is 26.0 Å². The molecule has 3 amide bonds. The molecule has 160 valence electrons. The summed E-state index contributed by atoms with van der Waals surface area (Å²) in [5.74, 6) is -0.0469. The average molecular weight is 413 g/mol. The number of carbonyl (C=O) groups is 3. The smallest absolute Gasteiger partial charge is 0.289 e. The number of methoxy groups -OCH3 is 1. The number of hydrogen-bond acceptors (Lipinski definition) is 5. The van der Waals surface area contributed by atoms with E-state index in [0.29, 0.717) is 43.3 Å². The fraction of sp³-hybridized carbons (Fsp3) is 0.409. The standard InChI is InChI=1S/C22H27N3O5/c1-15(2)19(23-20(26)16-7-4-5-8-17(16)29-3)22(28)25-12-10-24(11-13-25)21(27)18-9-6-14-30-18/h4-9,14-15,19H,10-13H2,1-3H3,(H,23,26)/t19-/m1/s1. The monoisotopic (exact) mass is 413 g/mol. The van der Waals surface area contributed by atoms with E-state index < -0.39 is 6.04 Å². The summed E-state index contributed by atoms with van der Waals surface area (Å²) in [6.45, 7) is 5.41. The first kappa shape index (κ1) is 21.4. The van der Waals surface area contributed by atoms with E-state index in [4.69, 9.17) is 9.15 Å². The second-order valence-electron chi connectivity index (χ2n) is 7.49. The number of carbonyl (C=O) groups excluding carboxylic acids is 3. The van der Waals surface area contributed by atoms with Crippen molar-refractivity contribution in [1.82, 2.24) is 15.1 Å². The lowest BCUT2D eigenvalue weighted by atomic mass is 10.0. The number of furan rings is 1. The van der Waals surface area contributed by atoms with Crippen molar-refractivity contribution >= 4 is 17.7 Å². The second-order valence-corrected chi connectivity index (χ2v) is 7.49. The van der Waals surface area contributed by atoms with Crippen molar-refractivity contribution in [3.63, 3.8) is 0 Å². The van der Waals surface area contributed by atoms with Gasteiger partial charge in [-0.2, -0.15) is 0 Å². The van der Waals surface area contributed by atoms with Crippen LogP contribution in [0.3, 0.4) is 0 Å². The molecule has 0 radical (unpaired) electrons. The third-order valence-electron chi connectivity index (χ3n) is 5.18. The third kappa shape index (κ3) is 4.64. The predicted molar refractivity (Wildman–Crippen MR) is 110 cm³/mol. The molecule has 0 bridgehead atoms. The lowest BCUT2D eigenvalue weighted by Gasteiger charge is -2.37. The van der Waals surface area contributed by atoms with Gasteiger partial charge in [-0.05, 0) is 30.2 Å². The first-order valence-electron chi connectivity index (χ1n) is 9.97. The number of hydrogen-bond donors (Lipinski definition) is 1. The normalized spacial score (nSPS) is 15.1. The van der Waals surface area contributed by atoms with Crippen LogP contribution in [0.4, 0.5) is 0 Å². The summed E-state index contributed by atoms with van der Waals surface area (Å²) >= 11 is 0. The van der Waals surface area contributed by atoms with Crippen LogP contribution in [-0.4, -0.2) is 66.9 Å². The largest absolute Gasteiger partial charge is 0.496 e. The van der Waals surface area contributed by atoms with Gasteiger partial charge in [0, 0.05) is 26.2 Å². The van der Waals surface area contributed by atoms with Crippen LogP contribution in [0.1, 0.15) is 34.8 Å². The number of rotatable bonds is 6. The van der Waals surface area contributed by atoms with E-state index >= 15 is 0 Å². The molecule has 1 aromatic carbocycles. The fourth-order valence-corrected chi connectivity index (χ4v) is 3.45. The Morgan fingerprint density at radius 1 is 1.00 bits per heavy atom. The highest BCUT2D eigenvalue weighted by molar-refractivity contribution is 5.99. The first-order valence-corrected chi connectivity index (χ1v) is 9.97. The molecule has 1 fully saturated rings. The highest BCUT2D eigenvalue weighted by Gasteiger charge is 2.32. The minimum atomic E-state index is -0.672. The Morgan fingerprint density at radius 3 is 2.27 bits per heavy atom. The lowest BCUT2D eigenvalue weighted by Crippen LogP contribution is -2.57. The van der Waals surface area contributed by atoms with Crippen molar-refractivity contribution in [1.29, 1.82) is 0 Å². The summed E-state index contributed by atoms with van der Waals surface area (Å²) in [6, 6.07) is 9.52. The Hall–Kier alpha value is -3.29. The van der Waals surface area contributed by atoms with Gasteiger partial charge in [0.25, 0.3) is 11.8 Å². The molecule has 3 rings (SSSR count). The molecule has 1 N–H and O–H groups in total. The van der Waals surface area contributed by atoms with Crippen LogP contribution in [0.25, 0.3) is 0 Å². The molecule has 0 unspecified atom stereocenters. The number of benzene rings is 1. The highest BCUT2D eigenvalue weighted by atomic mass is 16.5. The van der Waals surface area contributed by atoms with E-state index in [-0.39, 0.29) is 23.6 Å².